The molecule has 2 aromatic rings. The second-order valence-corrected chi connectivity index (χ2v) is 5.04. The first kappa shape index (κ1) is 15.2. The third-order valence-corrected chi connectivity index (χ3v) is 3.06. The van der Waals surface area contributed by atoms with Crippen LogP contribution in [0.3, 0.4) is 0 Å². The molecule has 1 aromatic heterocycles. The third-order valence-electron chi connectivity index (χ3n) is 3.06. The van der Waals surface area contributed by atoms with Gasteiger partial charge in [-0.05, 0) is 49.7 Å². The van der Waals surface area contributed by atoms with Crippen molar-refractivity contribution in [3.8, 4) is 0 Å². The lowest BCUT2D eigenvalue weighted by atomic mass is 10.1. The lowest BCUT2D eigenvalue weighted by Crippen LogP contribution is -2.17. The maximum Gasteiger partial charge on any atom is 0.338 e. The molecule has 1 N–H and O–H groups in total. The summed E-state index contributed by atoms with van der Waals surface area (Å²) >= 11 is 0. The molecule has 0 saturated carbocycles. The fourth-order valence-electron chi connectivity index (χ4n) is 2.05. The van der Waals surface area contributed by atoms with Gasteiger partial charge in [-0.3, -0.25) is 0 Å². The van der Waals surface area contributed by atoms with Crippen molar-refractivity contribution in [2.24, 2.45) is 0 Å². The van der Waals surface area contributed by atoms with Crippen molar-refractivity contribution < 1.29 is 13.9 Å². The molecule has 0 saturated heterocycles. The maximum absolute atomic E-state index is 11.7. The van der Waals surface area contributed by atoms with Crippen molar-refractivity contribution in [3.05, 3.63) is 54.0 Å². The molecule has 0 amide bonds. The Morgan fingerprint density at radius 3 is 2.67 bits per heavy atom. The number of benzene rings is 1. The van der Waals surface area contributed by atoms with Crippen LogP contribution in [-0.2, 0) is 11.2 Å². The Morgan fingerprint density at radius 1 is 1.29 bits per heavy atom. The van der Waals surface area contributed by atoms with Crippen molar-refractivity contribution in [2.45, 2.75) is 32.7 Å². The van der Waals surface area contributed by atoms with E-state index in [1.165, 1.54) is 0 Å². The predicted molar refractivity (Wildman–Crippen MR) is 82.5 cm³/mol. The Bertz CT molecular complexity index is 546. The van der Waals surface area contributed by atoms with E-state index < -0.39 is 0 Å². The summed E-state index contributed by atoms with van der Waals surface area (Å²) in [5.41, 5.74) is 1.55. The van der Waals surface area contributed by atoms with E-state index in [2.05, 4.69) is 12.2 Å². The van der Waals surface area contributed by atoms with Crippen LogP contribution in [0.15, 0.2) is 47.1 Å². The molecule has 2 rings (SSSR count). The van der Waals surface area contributed by atoms with Crippen LogP contribution in [0.4, 0.5) is 5.69 Å². The van der Waals surface area contributed by atoms with Crippen LogP contribution in [0, 0.1) is 0 Å². The summed E-state index contributed by atoms with van der Waals surface area (Å²) in [5, 5.41) is 3.38. The van der Waals surface area contributed by atoms with Gasteiger partial charge in [0, 0.05) is 18.2 Å². The van der Waals surface area contributed by atoms with Crippen molar-refractivity contribution in [1.29, 1.82) is 0 Å². The summed E-state index contributed by atoms with van der Waals surface area (Å²) in [6, 6.07) is 11.4. The summed E-state index contributed by atoms with van der Waals surface area (Å²) < 4.78 is 10.4. The highest BCUT2D eigenvalue weighted by molar-refractivity contribution is 5.89. The Balaban J connectivity index is 1.88. The van der Waals surface area contributed by atoms with Gasteiger partial charge in [0.1, 0.15) is 5.76 Å². The van der Waals surface area contributed by atoms with Crippen molar-refractivity contribution in [1.82, 2.24) is 0 Å². The summed E-state index contributed by atoms with van der Waals surface area (Å²) in [5.74, 6) is 0.682. The minimum atomic E-state index is -0.271. The molecule has 4 nitrogen and oxygen atoms in total. The number of carbonyl (C=O) groups excluding carboxylic acids is 1. The number of hydrogen-bond acceptors (Lipinski definition) is 4. The number of anilines is 1. The van der Waals surface area contributed by atoms with Gasteiger partial charge in [-0.15, -0.1) is 0 Å². The van der Waals surface area contributed by atoms with E-state index in [1.54, 1.807) is 18.4 Å². The lowest BCUT2D eigenvalue weighted by Gasteiger charge is -2.14. The molecule has 1 atom stereocenters. The molecule has 4 heteroatoms. The minimum Gasteiger partial charge on any atom is -0.469 e. The lowest BCUT2D eigenvalue weighted by molar-refractivity contribution is 0.0505. The van der Waals surface area contributed by atoms with Gasteiger partial charge in [0.15, 0.2) is 0 Å². The standard InChI is InChI=1S/C17H21NO3/c1-3-10-21-17(19)14-6-8-15(9-7-14)18-13(2)12-16-5-4-11-20-16/h4-9,11,13,18H,3,10,12H2,1-2H3. The van der Waals surface area contributed by atoms with E-state index in [1.807, 2.05) is 31.2 Å². The molecule has 1 heterocycles. The summed E-state index contributed by atoms with van der Waals surface area (Å²) in [6.45, 7) is 4.52. The van der Waals surface area contributed by atoms with Gasteiger partial charge in [-0.25, -0.2) is 4.79 Å². The second-order valence-electron chi connectivity index (χ2n) is 5.04. The van der Waals surface area contributed by atoms with Gasteiger partial charge in [0.25, 0.3) is 0 Å². The van der Waals surface area contributed by atoms with Crippen LogP contribution in [0.5, 0.6) is 0 Å². The van der Waals surface area contributed by atoms with Crippen LogP contribution < -0.4 is 5.32 Å². The average molecular weight is 287 g/mol. The van der Waals surface area contributed by atoms with Gasteiger partial charge < -0.3 is 14.5 Å². The van der Waals surface area contributed by atoms with Crippen molar-refractivity contribution in [2.75, 3.05) is 11.9 Å². The van der Waals surface area contributed by atoms with Gasteiger partial charge in [0.2, 0.25) is 0 Å². The summed E-state index contributed by atoms with van der Waals surface area (Å²) in [6.07, 6.45) is 3.32. The first-order valence-electron chi connectivity index (χ1n) is 7.25. The highest BCUT2D eigenvalue weighted by Crippen LogP contribution is 2.14. The number of esters is 1. The highest BCUT2D eigenvalue weighted by Gasteiger charge is 2.08. The van der Waals surface area contributed by atoms with Gasteiger partial charge in [-0.1, -0.05) is 6.92 Å². The normalized spacial score (nSPS) is 11.9. The van der Waals surface area contributed by atoms with E-state index in [-0.39, 0.29) is 12.0 Å². The molecule has 21 heavy (non-hydrogen) atoms. The molecule has 0 aliphatic rings. The molecule has 1 aromatic carbocycles. The number of ether oxygens (including phenoxy) is 1. The number of nitrogens with one attached hydrogen (secondary N) is 1. The van der Waals surface area contributed by atoms with Crippen molar-refractivity contribution in [3.63, 3.8) is 0 Å². The van der Waals surface area contributed by atoms with Gasteiger partial charge in [-0.2, -0.15) is 0 Å². The number of carbonyl (C=O) groups is 1. The second kappa shape index (κ2) is 7.53. The van der Waals surface area contributed by atoms with Crippen molar-refractivity contribution >= 4 is 11.7 Å². The fraction of sp³-hybridized carbons (Fsp3) is 0.353. The van der Waals surface area contributed by atoms with Gasteiger partial charge >= 0.3 is 5.97 Å². The molecule has 0 aliphatic heterocycles. The van der Waals surface area contributed by atoms with Crippen LogP contribution in [0.2, 0.25) is 0 Å². The van der Waals surface area contributed by atoms with Crippen LogP contribution in [0.1, 0.15) is 36.4 Å². The molecular weight excluding hydrogens is 266 g/mol. The van der Waals surface area contributed by atoms with Crippen LogP contribution in [-0.4, -0.2) is 18.6 Å². The number of rotatable bonds is 7. The third kappa shape index (κ3) is 4.67. The molecule has 0 fully saturated rings. The molecule has 0 bridgehead atoms. The Kier molecular flexibility index (Phi) is 5.43. The quantitative estimate of drug-likeness (QED) is 0.785. The molecule has 112 valence electrons. The largest absolute Gasteiger partial charge is 0.469 e. The van der Waals surface area contributed by atoms with E-state index in [0.717, 1.165) is 24.3 Å². The zero-order valence-corrected chi connectivity index (χ0v) is 12.5. The predicted octanol–water partition coefficient (Wildman–Crippen LogP) is 3.89. The topological polar surface area (TPSA) is 51.5 Å². The molecule has 0 radical (unpaired) electrons. The van der Waals surface area contributed by atoms with E-state index in [0.29, 0.717) is 12.2 Å². The first-order valence-corrected chi connectivity index (χ1v) is 7.25. The van der Waals surface area contributed by atoms with Crippen LogP contribution in [0.25, 0.3) is 0 Å². The van der Waals surface area contributed by atoms with E-state index in [9.17, 15) is 4.79 Å². The minimum absolute atomic E-state index is 0.244. The summed E-state index contributed by atoms with van der Waals surface area (Å²) in [4.78, 5) is 11.7. The number of hydrogen-bond donors (Lipinski definition) is 1. The SMILES string of the molecule is CCCOC(=O)c1ccc(NC(C)Cc2ccco2)cc1. The smallest absolute Gasteiger partial charge is 0.338 e. The average Bonchev–Trinajstić information content (AvgIpc) is 2.98. The van der Waals surface area contributed by atoms with Gasteiger partial charge in [0.05, 0.1) is 18.4 Å². The molecule has 0 spiro atoms. The summed E-state index contributed by atoms with van der Waals surface area (Å²) in [7, 11) is 0. The van der Waals surface area contributed by atoms with E-state index >= 15 is 0 Å². The highest BCUT2D eigenvalue weighted by atomic mass is 16.5. The molecular formula is C17H21NO3. The molecule has 0 aliphatic carbocycles. The Morgan fingerprint density at radius 2 is 2.05 bits per heavy atom. The Hall–Kier alpha value is -2.23. The van der Waals surface area contributed by atoms with E-state index in [4.69, 9.17) is 9.15 Å². The Labute approximate surface area is 125 Å². The fourth-order valence-corrected chi connectivity index (χ4v) is 2.05. The zero-order chi connectivity index (χ0) is 15.1. The maximum atomic E-state index is 11.7. The molecule has 1 unspecified atom stereocenters. The van der Waals surface area contributed by atoms with Crippen LogP contribution >= 0.6 is 0 Å². The monoisotopic (exact) mass is 287 g/mol. The first-order chi connectivity index (χ1) is 10.2. The number of furan rings is 1. The zero-order valence-electron chi connectivity index (χ0n) is 12.5.